The SMILES string of the molecule is CCCC[N+](CCCC)(CCCC)CC1=CC(C)(C)N([O-])C1(C)C. The minimum absolute atomic E-state index is 0.377. The Balaban J connectivity index is 3.08. The lowest BCUT2D eigenvalue weighted by atomic mass is 9.94. The topological polar surface area (TPSA) is 26.3 Å². The molecule has 0 atom stereocenters. The van der Waals surface area contributed by atoms with Crippen LogP contribution in [-0.4, -0.2) is 46.8 Å². The first kappa shape index (κ1) is 21.7. The van der Waals surface area contributed by atoms with Crippen molar-refractivity contribution in [3.63, 3.8) is 0 Å². The van der Waals surface area contributed by atoms with E-state index < -0.39 is 0 Å². The Bertz CT molecular complexity index is 390. The largest absolute Gasteiger partial charge is 0.784 e. The molecular weight excluding hydrogens is 296 g/mol. The van der Waals surface area contributed by atoms with E-state index in [9.17, 15) is 5.21 Å². The van der Waals surface area contributed by atoms with E-state index in [0.717, 1.165) is 6.54 Å². The van der Waals surface area contributed by atoms with Gasteiger partial charge >= 0.3 is 0 Å². The zero-order chi connectivity index (χ0) is 18.4. The normalized spacial score (nSPS) is 20.4. The zero-order valence-corrected chi connectivity index (χ0v) is 17.5. The lowest BCUT2D eigenvalue weighted by Crippen LogP contribution is -2.54. The van der Waals surface area contributed by atoms with Gasteiger partial charge in [-0.1, -0.05) is 46.1 Å². The van der Waals surface area contributed by atoms with Gasteiger partial charge in [0.15, 0.2) is 0 Å². The molecule has 1 heterocycles. The van der Waals surface area contributed by atoms with Gasteiger partial charge in [0.05, 0.1) is 19.6 Å². The number of hydroxylamine groups is 2. The third kappa shape index (κ3) is 5.06. The van der Waals surface area contributed by atoms with Crippen LogP contribution in [0.15, 0.2) is 11.6 Å². The van der Waals surface area contributed by atoms with Crippen molar-refractivity contribution in [1.29, 1.82) is 0 Å². The molecular formula is C21H42N2O. The summed E-state index contributed by atoms with van der Waals surface area (Å²) in [7, 11) is 0. The molecule has 0 aromatic heterocycles. The third-order valence-electron chi connectivity index (χ3n) is 5.81. The smallest absolute Gasteiger partial charge is 0.102 e. The van der Waals surface area contributed by atoms with Gasteiger partial charge in [0.1, 0.15) is 6.54 Å². The molecule has 0 aromatic carbocycles. The zero-order valence-electron chi connectivity index (χ0n) is 17.5. The van der Waals surface area contributed by atoms with Crippen LogP contribution in [0.25, 0.3) is 0 Å². The first-order valence-electron chi connectivity index (χ1n) is 10.2. The maximum atomic E-state index is 12.7. The summed E-state index contributed by atoms with van der Waals surface area (Å²) in [6, 6.07) is 0. The van der Waals surface area contributed by atoms with Gasteiger partial charge in [0.25, 0.3) is 0 Å². The van der Waals surface area contributed by atoms with Crippen LogP contribution in [0.3, 0.4) is 0 Å². The second kappa shape index (κ2) is 8.82. The van der Waals surface area contributed by atoms with Gasteiger partial charge in [0, 0.05) is 16.7 Å². The van der Waals surface area contributed by atoms with Gasteiger partial charge in [-0.2, -0.15) is 0 Å². The molecule has 0 saturated heterocycles. The molecule has 0 aliphatic carbocycles. The van der Waals surface area contributed by atoms with E-state index in [1.165, 1.54) is 73.3 Å². The van der Waals surface area contributed by atoms with E-state index >= 15 is 0 Å². The standard InChI is InChI=1S/C21H42N2O/c1-8-11-14-23(15-12-9-2,16-13-10-3)18-19-17-20(4,5)22(24)21(19,6)7/h17H,8-16,18H2,1-7H3. The molecule has 1 rings (SSSR count). The number of rotatable bonds is 11. The van der Waals surface area contributed by atoms with Gasteiger partial charge in [-0.3, -0.25) is 0 Å². The fourth-order valence-electron chi connectivity index (χ4n) is 4.17. The number of quaternary nitrogens is 1. The highest BCUT2D eigenvalue weighted by atomic mass is 16.5. The van der Waals surface area contributed by atoms with E-state index in [2.05, 4.69) is 40.7 Å². The highest BCUT2D eigenvalue weighted by Gasteiger charge is 2.43. The molecule has 0 bridgehead atoms. The van der Waals surface area contributed by atoms with E-state index in [0.29, 0.717) is 0 Å². The average molecular weight is 339 g/mol. The Morgan fingerprint density at radius 1 is 0.875 bits per heavy atom. The molecule has 1 aliphatic heterocycles. The summed E-state index contributed by atoms with van der Waals surface area (Å²) in [6.07, 6.45) is 9.86. The van der Waals surface area contributed by atoms with E-state index in [4.69, 9.17) is 0 Å². The second-order valence-electron chi connectivity index (χ2n) is 8.91. The average Bonchev–Trinajstić information content (AvgIpc) is 2.68. The molecule has 0 spiro atoms. The Morgan fingerprint density at radius 3 is 1.58 bits per heavy atom. The Hall–Kier alpha value is -0.380. The minimum atomic E-state index is -0.380. The summed E-state index contributed by atoms with van der Waals surface area (Å²) in [5.74, 6) is 0. The number of hydrogen-bond acceptors (Lipinski definition) is 2. The summed E-state index contributed by atoms with van der Waals surface area (Å²) in [4.78, 5) is 0. The third-order valence-corrected chi connectivity index (χ3v) is 5.81. The highest BCUT2D eigenvalue weighted by molar-refractivity contribution is 5.32. The van der Waals surface area contributed by atoms with Gasteiger partial charge in [0.2, 0.25) is 0 Å². The van der Waals surface area contributed by atoms with Crippen molar-refractivity contribution < 1.29 is 4.48 Å². The molecule has 0 aromatic rings. The molecule has 3 heteroatoms. The van der Waals surface area contributed by atoms with Crippen LogP contribution >= 0.6 is 0 Å². The first-order valence-corrected chi connectivity index (χ1v) is 10.2. The maximum Gasteiger partial charge on any atom is 0.102 e. The van der Waals surface area contributed by atoms with E-state index in [1.807, 2.05) is 13.8 Å². The second-order valence-corrected chi connectivity index (χ2v) is 8.91. The Morgan fingerprint density at radius 2 is 1.29 bits per heavy atom. The van der Waals surface area contributed by atoms with Gasteiger partial charge in [-0.15, -0.1) is 0 Å². The van der Waals surface area contributed by atoms with Crippen molar-refractivity contribution in [3.05, 3.63) is 16.9 Å². The van der Waals surface area contributed by atoms with Crippen molar-refractivity contribution in [3.8, 4) is 0 Å². The Kier molecular flexibility index (Phi) is 7.96. The molecule has 0 N–H and O–H groups in total. The van der Waals surface area contributed by atoms with Crippen molar-refractivity contribution in [2.24, 2.45) is 0 Å². The fourth-order valence-corrected chi connectivity index (χ4v) is 4.17. The summed E-state index contributed by atoms with van der Waals surface area (Å²) in [5, 5.41) is 14.1. The summed E-state index contributed by atoms with van der Waals surface area (Å²) in [5.41, 5.74) is 0.595. The molecule has 0 amide bonds. The Labute approximate surface area is 151 Å². The van der Waals surface area contributed by atoms with E-state index in [-0.39, 0.29) is 11.1 Å². The van der Waals surface area contributed by atoms with Gasteiger partial charge in [-0.05, 0) is 47.0 Å². The molecule has 1 aliphatic rings. The van der Waals surface area contributed by atoms with Crippen LogP contribution in [-0.2, 0) is 0 Å². The van der Waals surface area contributed by atoms with E-state index in [1.54, 1.807) is 0 Å². The molecule has 24 heavy (non-hydrogen) atoms. The summed E-state index contributed by atoms with van der Waals surface area (Å²) in [6.45, 7) is 20.0. The highest BCUT2D eigenvalue weighted by Crippen LogP contribution is 2.40. The number of unbranched alkanes of at least 4 members (excludes halogenated alkanes) is 3. The molecule has 0 radical (unpaired) electrons. The lowest BCUT2D eigenvalue weighted by molar-refractivity contribution is -0.924. The predicted molar refractivity (Wildman–Crippen MR) is 106 cm³/mol. The van der Waals surface area contributed by atoms with Crippen LogP contribution in [0.2, 0.25) is 0 Å². The van der Waals surface area contributed by atoms with Crippen molar-refractivity contribution >= 4 is 0 Å². The van der Waals surface area contributed by atoms with Gasteiger partial charge < -0.3 is 14.8 Å². The van der Waals surface area contributed by atoms with Crippen LogP contribution < -0.4 is 0 Å². The summed E-state index contributed by atoms with van der Waals surface area (Å²) >= 11 is 0. The lowest BCUT2D eigenvalue weighted by Gasteiger charge is -2.49. The van der Waals surface area contributed by atoms with Crippen LogP contribution in [0.4, 0.5) is 0 Å². The molecule has 3 nitrogen and oxygen atoms in total. The van der Waals surface area contributed by atoms with Gasteiger partial charge in [-0.25, -0.2) is 0 Å². The van der Waals surface area contributed by atoms with Crippen molar-refractivity contribution in [2.45, 2.75) is 98.1 Å². The maximum absolute atomic E-state index is 12.7. The fraction of sp³-hybridized carbons (Fsp3) is 0.905. The minimum Gasteiger partial charge on any atom is -0.784 e. The summed E-state index contributed by atoms with van der Waals surface area (Å²) < 4.78 is 1.18. The predicted octanol–water partition coefficient (Wildman–Crippen LogP) is 5.50. The van der Waals surface area contributed by atoms with Crippen LogP contribution in [0.1, 0.15) is 87.0 Å². The van der Waals surface area contributed by atoms with Crippen molar-refractivity contribution in [2.75, 3.05) is 26.2 Å². The monoisotopic (exact) mass is 338 g/mol. The molecule has 142 valence electrons. The molecule has 0 unspecified atom stereocenters. The first-order chi connectivity index (χ1) is 11.1. The quantitative estimate of drug-likeness (QED) is 0.367. The number of nitrogens with zero attached hydrogens (tertiary/aromatic N) is 2. The molecule has 0 saturated carbocycles. The number of hydrogen-bond donors (Lipinski definition) is 0. The van der Waals surface area contributed by atoms with Crippen molar-refractivity contribution in [1.82, 2.24) is 5.06 Å². The van der Waals surface area contributed by atoms with Crippen LogP contribution in [0, 0.1) is 5.21 Å². The van der Waals surface area contributed by atoms with Crippen LogP contribution in [0.5, 0.6) is 0 Å². The molecule has 0 fully saturated rings.